The van der Waals surface area contributed by atoms with Crippen LogP contribution in [0.2, 0.25) is 0 Å². The molecule has 6 nitrogen and oxygen atoms in total. The number of benzene rings is 1. The molecule has 0 bridgehead atoms. The highest BCUT2D eigenvalue weighted by atomic mass is 19.4. The summed E-state index contributed by atoms with van der Waals surface area (Å²) < 4.78 is 45.4. The highest BCUT2D eigenvalue weighted by Crippen LogP contribution is 2.30. The van der Waals surface area contributed by atoms with Crippen molar-refractivity contribution < 1.29 is 22.7 Å². The maximum atomic E-state index is 13.1. The molecule has 1 aromatic carbocycles. The van der Waals surface area contributed by atoms with Gasteiger partial charge in [0.1, 0.15) is 5.75 Å². The first-order valence-corrected chi connectivity index (χ1v) is 10.1. The SMILES string of the molecule is COc1ccc(C)cc1C(C)NC(=O)c1cnn(-c2ccc(C(F)(F)F)cn2)c1C(C)C. The zero-order valence-corrected chi connectivity index (χ0v) is 18.5. The van der Waals surface area contributed by atoms with Gasteiger partial charge in [-0.2, -0.15) is 18.3 Å². The summed E-state index contributed by atoms with van der Waals surface area (Å²) >= 11 is 0. The largest absolute Gasteiger partial charge is 0.496 e. The number of nitrogens with one attached hydrogen (secondary N) is 1. The third-order valence-electron chi connectivity index (χ3n) is 5.09. The number of carbonyl (C=O) groups excluding carboxylic acids is 1. The first-order valence-electron chi connectivity index (χ1n) is 10.1. The van der Waals surface area contributed by atoms with Crippen LogP contribution in [0.15, 0.2) is 42.7 Å². The molecule has 0 aliphatic rings. The van der Waals surface area contributed by atoms with E-state index in [1.807, 2.05) is 45.9 Å². The lowest BCUT2D eigenvalue weighted by molar-refractivity contribution is -0.137. The normalized spacial score (nSPS) is 12.7. The van der Waals surface area contributed by atoms with Crippen molar-refractivity contribution in [1.82, 2.24) is 20.1 Å². The summed E-state index contributed by atoms with van der Waals surface area (Å²) in [7, 11) is 1.57. The lowest BCUT2D eigenvalue weighted by Gasteiger charge is -2.19. The number of methoxy groups -OCH3 is 1. The highest BCUT2D eigenvalue weighted by Gasteiger charge is 2.31. The van der Waals surface area contributed by atoms with Gasteiger partial charge in [0.05, 0.1) is 36.2 Å². The van der Waals surface area contributed by atoms with Crippen molar-refractivity contribution in [2.24, 2.45) is 0 Å². The second-order valence-electron chi connectivity index (χ2n) is 7.85. The lowest BCUT2D eigenvalue weighted by atomic mass is 10.0. The van der Waals surface area contributed by atoms with Crippen molar-refractivity contribution in [3.63, 3.8) is 0 Å². The molecule has 3 rings (SSSR count). The van der Waals surface area contributed by atoms with Crippen LogP contribution in [0.25, 0.3) is 5.82 Å². The van der Waals surface area contributed by atoms with Crippen LogP contribution >= 0.6 is 0 Å². The number of ether oxygens (including phenoxy) is 1. The zero-order chi connectivity index (χ0) is 23.6. The summed E-state index contributed by atoms with van der Waals surface area (Å²) in [5.41, 5.74) is 1.91. The van der Waals surface area contributed by atoms with E-state index in [-0.39, 0.29) is 23.7 Å². The quantitative estimate of drug-likeness (QED) is 0.564. The van der Waals surface area contributed by atoms with Gasteiger partial charge in [0.25, 0.3) is 5.91 Å². The number of alkyl halides is 3. The van der Waals surface area contributed by atoms with Gasteiger partial charge < -0.3 is 10.1 Å². The number of amides is 1. The Morgan fingerprint density at radius 3 is 2.41 bits per heavy atom. The van der Waals surface area contributed by atoms with Gasteiger partial charge >= 0.3 is 6.18 Å². The van der Waals surface area contributed by atoms with Gasteiger partial charge in [-0.25, -0.2) is 9.67 Å². The molecule has 1 N–H and O–H groups in total. The van der Waals surface area contributed by atoms with Crippen LogP contribution in [0, 0.1) is 6.92 Å². The van der Waals surface area contributed by atoms with Crippen LogP contribution in [-0.2, 0) is 6.18 Å². The molecule has 0 fully saturated rings. The molecule has 2 heterocycles. The van der Waals surface area contributed by atoms with Crippen LogP contribution in [0.5, 0.6) is 5.75 Å². The first-order chi connectivity index (χ1) is 15.0. The van der Waals surface area contributed by atoms with E-state index < -0.39 is 11.7 Å². The first kappa shape index (κ1) is 23.3. The Kier molecular flexibility index (Phi) is 6.57. The summed E-state index contributed by atoms with van der Waals surface area (Å²) in [6.07, 6.45) is -2.31. The van der Waals surface area contributed by atoms with E-state index in [0.29, 0.717) is 17.0 Å². The van der Waals surface area contributed by atoms with Crippen LogP contribution < -0.4 is 10.1 Å². The lowest BCUT2D eigenvalue weighted by Crippen LogP contribution is -2.28. The summed E-state index contributed by atoms with van der Waals surface area (Å²) in [6.45, 7) is 7.56. The summed E-state index contributed by atoms with van der Waals surface area (Å²) in [6, 6.07) is 7.56. The Bertz CT molecular complexity index is 1110. The molecular formula is C23H25F3N4O2. The minimum Gasteiger partial charge on any atom is -0.496 e. The van der Waals surface area contributed by atoms with Crippen molar-refractivity contribution in [3.05, 3.63) is 70.7 Å². The van der Waals surface area contributed by atoms with E-state index in [1.165, 1.54) is 16.9 Å². The Morgan fingerprint density at radius 2 is 1.84 bits per heavy atom. The van der Waals surface area contributed by atoms with E-state index in [9.17, 15) is 18.0 Å². The van der Waals surface area contributed by atoms with Crippen LogP contribution in [0.1, 0.15) is 65.5 Å². The minimum atomic E-state index is -4.48. The molecule has 0 aliphatic carbocycles. The second-order valence-corrected chi connectivity index (χ2v) is 7.85. The summed E-state index contributed by atoms with van der Waals surface area (Å²) in [5.74, 6) is 0.389. The van der Waals surface area contributed by atoms with Crippen molar-refractivity contribution >= 4 is 5.91 Å². The van der Waals surface area contributed by atoms with Crippen molar-refractivity contribution in [2.45, 2.75) is 45.8 Å². The average Bonchev–Trinajstić information content (AvgIpc) is 3.19. The Balaban J connectivity index is 1.91. The molecule has 0 saturated carbocycles. The molecule has 9 heteroatoms. The molecular weight excluding hydrogens is 421 g/mol. The molecule has 32 heavy (non-hydrogen) atoms. The van der Waals surface area contributed by atoms with Crippen LogP contribution in [0.3, 0.4) is 0 Å². The topological polar surface area (TPSA) is 69.0 Å². The fourth-order valence-electron chi connectivity index (χ4n) is 3.49. The highest BCUT2D eigenvalue weighted by molar-refractivity contribution is 5.95. The van der Waals surface area contributed by atoms with E-state index >= 15 is 0 Å². The van der Waals surface area contributed by atoms with Gasteiger partial charge in [0.15, 0.2) is 5.82 Å². The number of hydrogen-bond donors (Lipinski definition) is 1. The standard InChI is InChI=1S/C23H25F3N4O2/c1-13(2)21-18(12-28-30(21)20-9-7-16(11-27-20)23(24,25)26)22(31)29-15(4)17-10-14(3)6-8-19(17)32-5/h6-13,15H,1-5H3,(H,29,31). The molecule has 1 unspecified atom stereocenters. The number of aromatic nitrogens is 3. The van der Waals surface area contributed by atoms with E-state index in [1.54, 1.807) is 7.11 Å². The number of halogens is 3. The van der Waals surface area contributed by atoms with E-state index in [4.69, 9.17) is 4.74 Å². The Morgan fingerprint density at radius 1 is 1.12 bits per heavy atom. The third kappa shape index (κ3) is 4.76. The Labute approximate surface area is 184 Å². The van der Waals surface area contributed by atoms with E-state index in [2.05, 4.69) is 15.4 Å². The van der Waals surface area contributed by atoms with Gasteiger partial charge in [-0.3, -0.25) is 4.79 Å². The zero-order valence-electron chi connectivity index (χ0n) is 18.5. The molecule has 0 saturated heterocycles. The number of hydrogen-bond acceptors (Lipinski definition) is 4. The van der Waals surface area contributed by atoms with Crippen molar-refractivity contribution in [1.29, 1.82) is 0 Å². The number of rotatable bonds is 6. The monoisotopic (exact) mass is 446 g/mol. The maximum absolute atomic E-state index is 13.1. The molecule has 0 radical (unpaired) electrons. The average molecular weight is 446 g/mol. The fourth-order valence-corrected chi connectivity index (χ4v) is 3.49. The second kappa shape index (κ2) is 9.02. The third-order valence-corrected chi connectivity index (χ3v) is 5.09. The van der Waals surface area contributed by atoms with Crippen molar-refractivity contribution in [3.8, 4) is 11.6 Å². The van der Waals surface area contributed by atoms with Gasteiger partial charge in [-0.05, 0) is 38.0 Å². The predicted octanol–water partition coefficient (Wildman–Crippen LogP) is 5.22. The summed E-state index contributed by atoms with van der Waals surface area (Å²) in [4.78, 5) is 17.0. The van der Waals surface area contributed by atoms with Crippen molar-refractivity contribution in [2.75, 3.05) is 7.11 Å². The molecule has 2 aromatic heterocycles. The van der Waals surface area contributed by atoms with Gasteiger partial charge in [0, 0.05) is 11.8 Å². The van der Waals surface area contributed by atoms with E-state index in [0.717, 1.165) is 23.4 Å². The fraction of sp³-hybridized carbons (Fsp3) is 0.348. The van der Waals surface area contributed by atoms with Crippen LogP contribution in [-0.4, -0.2) is 27.8 Å². The van der Waals surface area contributed by atoms with Gasteiger partial charge in [-0.15, -0.1) is 0 Å². The predicted molar refractivity (Wildman–Crippen MR) is 114 cm³/mol. The Hall–Kier alpha value is -3.36. The number of nitrogens with zero attached hydrogens (tertiary/aromatic N) is 3. The number of aryl methyl sites for hydroxylation is 1. The number of pyridine rings is 1. The molecule has 3 aromatic rings. The molecule has 0 aliphatic heterocycles. The molecule has 1 atom stereocenters. The van der Waals surface area contributed by atoms with Gasteiger partial charge in [-0.1, -0.05) is 31.5 Å². The maximum Gasteiger partial charge on any atom is 0.417 e. The van der Waals surface area contributed by atoms with Gasteiger partial charge in [0.2, 0.25) is 0 Å². The molecule has 170 valence electrons. The number of carbonyl (C=O) groups is 1. The molecule has 0 spiro atoms. The molecule has 1 amide bonds. The smallest absolute Gasteiger partial charge is 0.417 e. The summed E-state index contributed by atoms with van der Waals surface area (Å²) in [5, 5.41) is 7.20. The van der Waals surface area contributed by atoms with Crippen LogP contribution in [0.4, 0.5) is 13.2 Å². The minimum absolute atomic E-state index is 0.133.